The van der Waals surface area contributed by atoms with E-state index in [0.29, 0.717) is 0 Å². The molecule has 0 radical (unpaired) electrons. The van der Waals surface area contributed by atoms with Gasteiger partial charge in [0.2, 0.25) is 0 Å². The summed E-state index contributed by atoms with van der Waals surface area (Å²) in [6.45, 7) is 8.87. The van der Waals surface area contributed by atoms with Gasteiger partial charge in [0, 0.05) is 45.5 Å². The highest BCUT2D eigenvalue weighted by molar-refractivity contribution is 5.47. The molecule has 0 saturated carbocycles. The summed E-state index contributed by atoms with van der Waals surface area (Å²) in [5, 5.41) is 8.85. The number of nitrogens with zero attached hydrogens (tertiary/aromatic N) is 7. The molecule has 8 nitrogen and oxygen atoms in total. The lowest BCUT2D eigenvalue weighted by Gasteiger charge is -2.36. The summed E-state index contributed by atoms with van der Waals surface area (Å²) in [5.74, 6) is 2.82. The van der Waals surface area contributed by atoms with E-state index in [-0.39, 0.29) is 0 Å². The SMILES string of the molecule is Cc1cncc(N2CCN(c3ccc(N4CCOCC4)nn3)CC2)n1. The molecule has 0 aliphatic carbocycles. The summed E-state index contributed by atoms with van der Waals surface area (Å²) in [5.41, 5.74) is 0.949. The van der Waals surface area contributed by atoms with Crippen LogP contribution in [0.5, 0.6) is 0 Å². The fraction of sp³-hybridized carbons (Fsp3) is 0.529. The lowest BCUT2D eigenvalue weighted by atomic mass is 10.3. The van der Waals surface area contributed by atoms with Crippen LogP contribution >= 0.6 is 0 Å². The van der Waals surface area contributed by atoms with Gasteiger partial charge in [-0.25, -0.2) is 4.98 Å². The van der Waals surface area contributed by atoms with Crippen molar-refractivity contribution in [1.82, 2.24) is 20.2 Å². The van der Waals surface area contributed by atoms with Crippen molar-refractivity contribution in [3.8, 4) is 0 Å². The van der Waals surface area contributed by atoms with Gasteiger partial charge in [0.1, 0.15) is 5.82 Å². The molecule has 2 aromatic heterocycles. The molecule has 2 aliphatic heterocycles. The average Bonchev–Trinajstić information content (AvgIpc) is 2.69. The maximum atomic E-state index is 5.38. The predicted molar refractivity (Wildman–Crippen MR) is 96.3 cm³/mol. The van der Waals surface area contributed by atoms with Crippen molar-refractivity contribution in [2.75, 3.05) is 67.2 Å². The molecule has 0 unspecified atom stereocenters. The number of morpholine rings is 1. The first kappa shape index (κ1) is 16.0. The molecule has 0 spiro atoms. The number of hydrogen-bond acceptors (Lipinski definition) is 8. The highest BCUT2D eigenvalue weighted by Crippen LogP contribution is 2.19. The van der Waals surface area contributed by atoms with Crippen LogP contribution in [0.3, 0.4) is 0 Å². The third-order valence-electron chi connectivity index (χ3n) is 4.64. The van der Waals surface area contributed by atoms with Crippen molar-refractivity contribution in [2.45, 2.75) is 6.92 Å². The van der Waals surface area contributed by atoms with Gasteiger partial charge in [-0.3, -0.25) is 4.98 Å². The van der Waals surface area contributed by atoms with Crippen LogP contribution in [0, 0.1) is 6.92 Å². The Morgan fingerprint density at radius 2 is 1.32 bits per heavy atom. The van der Waals surface area contributed by atoms with Gasteiger partial charge in [-0.05, 0) is 19.1 Å². The zero-order valence-electron chi connectivity index (χ0n) is 14.5. The Morgan fingerprint density at radius 1 is 0.760 bits per heavy atom. The average molecular weight is 341 g/mol. The van der Waals surface area contributed by atoms with E-state index < -0.39 is 0 Å². The van der Waals surface area contributed by atoms with Crippen LogP contribution in [0.15, 0.2) is 24.5 Å². The lowest BCUT2D eigenvalue weighted by Crippen LogP contribution is -2.47. The minimum atomic E-state index is 0.757. The highest BCUT2D eigenvalue weighted by Gasteiger charge is 2.20. The molecule has 132 valence electrons. The molecular formula is C17H23N7O. The van der Waals surface area contributed by atoms with Gasteiger partial charge in [-0.15, -0.1) is 10.2 Å². The zero-order valence-corrected chi connectivity index (χ0v) is 14.5. The second-order valence-corrected chi connectivity index (χ2v) is 6.34. The molecule has 8 heteroatoms. The quantitative estimate of drug-likeness (QED) is 0.810. The second-order valence-electron chi connectivity index (χ2n) is 6.34. The molecule has 4 heterocycles. The van der Waals surface area contributed by atoms with E-state index in [1.54, 1.807) is 6.20 Å². The summed E-state index contributed by atoms with van der Waals surface area (Å²) >= 11 is 0. The van der Waals surface area contributed by atoms with Gasteiger partial charge in [0.25, 0.3) is 0 Å². The van der Waals surface area contributed by atoms with Gasteiger partial charge in [-0.1, -0.05) is 0 Å². The molecule has 2 aromatic rings. The van der Waals surface area contributed by atoms with Crippen molar-refractivity contribution < 1.29 is 4.74 Å². The molecule has 2 fully saturated rings. The van der Waals surface area contributed by atoms with Crippen LogP contribution in [-0.4, -0.2) is 72.6 Å². The van der Waals surface area contributed by atoms with E-state index in [9.17, 15) is 0 Å². The zero-order chi connectivity index (χ0) is 17.1. The van der Waals surface area contributed by atoms with Crippen molar-refractivity contribution in [3.63, 3.8) is 0 Å². The van der Waals surface area contributed by atoms with Crippen molar-refractivity contribution in [3.05, 3.63) is 30.2 Å². The molecule has 0 bridgehead atoms. The monoisotopic (exact) mass is 341 g/mol. The molecule has 2 aliphatic rings. The summed E-state index contributed by atoms with van der Waals surface area (Å²) in [6, 6.07) is 4.13. The minimum Gasteiger partial charge on any atom is -0.378 e. The normalized spacial score (nSPS) is 18.5. The van der Waals surface area contributed by atoms with E-state index in [1.807, 2.05) is 13.1 Å². The molecule has 4 rings (SSSR count). The van der Waals surface area contributed by atoms with Gasteiger partial charge >= 0.3 is 0 Å². The Labute approximate surface area is 147 Å². The Morgan fingerprint density at radius 3 is 1.88 bits per heavy atom. The van der Waals surface area contributed by atoms with Gasteiger partial charge in [-0.2, -0.15) is 0 Å². The van der Waals surface area contributed by atoms with E-state index in [0.717, 1.165) is 75.6 Å². The van der Waals surface area contributed by atoms with E-state index in [2.05, 4.69) is 47.0 Å². The summed E-state index contributed by atoms with van der Waals surface area (Å²) in [4.78, 5) is 15.6. The number of rotatable bonds is 3. The second kappa shape index (κ2) is 7.18. The third-order valence-corrected chi connectivity index (χ3v) is 4.64. The Bertz CT molecular complexity index is 694. The number of aryl methyl sites for hydroxylation is 1. The maximum Gasteiger partial charge on any atom is 0.151 e. The first-order chi connectivity index (χ1) is 12.3. The van der Waals surface area contributed by atoms with Crippen LogP contribution in [0.2, 0.25) is 0 Å². The van der Waals surface area contributed by atoms with Gasteiger partial charge < -0.3 is 19.4 Å². The van der Waals surface area contributed by atoms with Crippen LogP contribution in [0.4, 0.5) is 17.5 Å². The Balaban J connectivity index is 1.37. The Kier molecular flexibility index (Phi) is 4.60. The van der Waals surface area contributed by atoms with Crippen LogP contribution < -0.4 is 14.7 Å². The number of anilines is 3. The molecule has 0 aromatic carbocycles. The third kappa shape index (κ3) is 3.63. The topological polar surface area (TPSA) is 70.5 Å². The molecule has 25 heavy (non-hydrogen) atoms. The number of hydrogen-bond donors (Lipinski definition) is 0. The smallest absolute Gasteiger partial charge is 0.151 e. The highest BCUT2D eigenvalue weighted by atomic mass is 16.5. The van der Waals surface area contributed by atoms with Crippen LogP contribution in [0.1, 0.15) is 5.69 Å². The van der Waals surface area contributed by atoms with E-state index in [1.165, 1.54) is 0 Å². The summed E-state index contributed by atoms with van der Waals surface area (Å²) in [6.07, 6.45) is 3.62. The number of aromatic nitrogens is 4. The summed E-state index contributed by atoms with van der Waals surface area (Å²) < 4.78 is 5.38. The van der Waals surface area contributed by atoms with E-state index in [4.69, 9.17) is 4.74 Å². The van der Waals surface area contributed by atoms with Crippen molar-refractivity contribution in [2.24, 2.45) is 0 Å². The van der Waals surface area contributed by atoms with Gasteiger partial charge in [0.15, 0.2) is 11.6 Å². The lowest BCUT2D eigenvalue weighted by molar-refractivity contribution is 0.122. The van der Waals surface area contributed by atoms with Gasteiger partial charge in [0.05, 0.1) is 25.1 Å². The van der Waals surface area contributed by atoms with Crippen molar-refractivity contribution >= 4 is 17.5 Å². The number of ether oxygens (including phenoxy) is 1. The molecule has 2 saturated heterocycles. The first-order valence-corrected chi connectivity index (χ1v) is 8.74. The predicted octanol–water partition coefficient (Wildman–Crippen LogP) is 0.738. The number of piperazine rings is 1. The van der Waals surface area contributed by atoms with Crippen LogP contribution in [0.25, 0.3) is 0 Å². The molecular weight excluding hydrogens is 318 g/mol. The largest absolute Gasteiger partial charge is 0.378 e. The minimum absolute atomic E-state index is 0.757. The fourth-order valence-corrected chi connectivity index (χ4v) is 3.22. The standard InChI is InChI=1S/C17H23N7O/c1-14-12-18-13-17(19-14)23-6-4-22(5-7-23)15-2-3-16(21-20-15)24-8-10-25-11-9-24/h2-3,12-13H,4-11H2,1H3. The molecule has 0 amide bonds. The Hall–Kier alpha value is -2.48. The fourth-order valence-electron chi connectivity index (χ4n) is 3.22. The molecule has 0 atom stereocenters. The first-order valence-electron chi connectivity index (χ1n) is 8.74. The van der Waals surface area contributed by atoms with E-state index >= 15 is 0 Å². The van der Waals surface area contributed by atoms with Crippen molar-refractivity contribution in [1.29, 1.82) is 0 Å². The summed E-state index contributed by atoms with van der Waals surface area (Å²) in [7, 11) is 0. The maximum absolute atomic E-state index is 5.38. The molecule has 0 N–H and O–H groups in total. The van der Waals surface area contributed by atoms with Crippen LogP contribution in [-0.2, 0) is 4.74 Å².